The molecule has 1 aromatic rings. The Balaban J connectivity index is 1.79. The van der Waals surface area contributed by atoms with Gasteiger partial charge in [-0.1, -0.05) is 12.1 Å². The molecule has 5 nitrogen and oxygen atoms in total. The van der Waals surface area contributed by atoms with Gasteiger partial charge in [0.25, 0.3) is 0 Å². The number of benzene rings is 1. The van der Waals surface area contributed by atoms with Crippen molar-refractivity contribution in [2.75, 3.05) is 32.8 Å². The van der Waals surface area contributed by atoms with Gasteiger partial charge in [-0.15, -0.1) is 0 Å². The predicted molar refractivity (Wildman–Crippen MR) is 78.2 cm³/mol. The third-order valence-corrected chi connectivity index (χ3v) is 3.34. The van der Waals surface area contributed by atoms with Crippen LogP contribution in [0.1, 0.15) is 13.8 Å². The highest BCUT2D eigenvalue weighted by atomic mass is 16.5. The van der Waals surface area contributed by atoms with Crippen LogP contribution in [0.4, 0.5) is 0 Å². The SMILES string of the molecule is CC1(C)CN(CCOc2cccc(B(O)O)c2)CCO1. The monoisotopic (exact) mass is 279 g/mol. The van der Waals surface area contributed by atoms with Crippen LogP contribution in [0.3, 0.4) is 0 Å². The molecule has 0 aliphatic carbocycles. The van der Waals surface area contributed by atoms with Gasteiger partial charge >= 0.3 is 7.12 Å². The summed E-state index contributed by atoms with van der Waals surface area (Å²) in [4.78, 5) is 2.31. The molecule has 0 unspecified atom stereocenters. The minimum Gasteiger partial charge on any atom is -0.492 e. The Bertz CT molecular complexity index is 439. The number of ether oxygens (including phenoxy) is 2. The summed E-state index contributed by atoms with van der Waals surface area (Å²) in [5.74, 6) is 0.656. The van der Waals surface area contributed by atoms with Gasteiger partial charge in [0, 0.05) is 19.6 Å². The molecule has 1 aromatic carbocycles. The minimum absolute atomic E-state index is 0.0981. The van der Waals surface area contributed by atoms with Crippen LogP contribution in [0, 0.1) is 0 Å². The summed E-state index contributed by atoms with van der Waals surface area (Å²) < 4.78 is 11.3. The second-order valence-electron chi connectivity index (χ2n) is 5.68. The van der Waals surface area contributed by atoms with Crippen molar-refractivity contribution in [2.45, 2.75) is 19.4 Å². The summed E-state index contributed by atoms with van der Waals surface area (Å²) in [5.41, 5.74) is 0.342. The van der Waals surface area contributed by atoms with Crippen LogP contribution in [0.5, 0.6) is 5.75 Å². The third-order valence-electron chi connectivity index (χ3n) is 3.34. The molecule has 0 spiro atoms. The van der Waals surface area contributed by atoms with Gasteiger partial charge in [-0.25, -0.2) is 0 Å². The van der Waals surface area contributed by atoms with Crippen LogP contribution in [0.2, 0.25) is 0 Å². The van der Waals surface area contributed by atoms with E-state index in [1.165, 1.54) is 0 Å². The molecule has 0 radical (unpaired) electrons. The zero-order valence-corrected chi connectivity index (χ0v) is 12.1. The highest BCUT2D eigenvalue weighted by Gasteiger charge is 2.26. The molecule has 1 heterocycles. The zero-order chi connectivity index (χ0) is 14.6. The fourth-order valence-electron chi connectivity index (χ4n) is 2.36. The van der Waals surface area contributed by atoms with Crippen LogP contribution < -0.4 is 10.2 Å². The summed E-state index contributed by atoms with van der Waals surface area (Å²) in [6.07, 6.45) is 0. The molecule has 6 heteroatoms. The molecule has 1 saturated heterocycles. The second-order valence-corrected chi connectivity index (χ2v) is 5.68. The van der Waals surface area contributed by atoms with Gasteiger partial charge in [0.1, 0.15) is 12.4 Å². The lowest BCUT2D eigenvalue weighted by Gasteiger charge is -2.38. The maximum Gasteiger partial charge on any atom is 0.488 e. The van der Waals surface area contributed by atoms with Gasteiger partial charge in [0.15, 0.2) is 0 Å². The molecule has 0 amide bonds. The third kappa shape index (κ3) is 4.49. The van der Waals surface area contributed by atoms with Gasteiger partial charge in [0.2, 0.25) is 0 Å². The summed E-state index contributed by atoms with van der Waals surface area (Å²) in [7, 11) is -1.46. The smallest absolute Gasteiger partial charge is 0.488 e. The fourth-order valence-corrected chi connectivity index (χ4v) is 2.36. The van der Waals surface area contributed by atoms with Crippen LogP contribution in [-0.2, 0) is 4.74 Å². The largest absolute Gasteiger partial charge is 0.492 e. The van der Waals surface area contributed by atoms with Crippen LogP contribution in [0.15, 0.2) is 24.3 Å². The first-order valence-electron chi connectivity index (χ1n) is 6.91. The van der Waals surface area contributed by atoms with Crippen molar-refractivity contribution in [1.82, 2.24) is 4.90 Å². The zero-order valence-electron chi connectivity index (χ0n) is 12.1. The van der Waals surface area contributed by atoms with Crippen molar-refractivity contribution < 1.29 is 19.5 Å². The van der Waals surface area contributed by atoms with E-state index in [9.17, 15) is 0 Å². The highest BCUT2D eigenvalue weighted by molar-refractivity contribution is 6.58. The lowest BCUT2D eigenvalue weighted by atomic mass is 9.80. The molecular formula is C14H22BNO4. The standard InChI is InChI=1S/C14H22BNO4/c1-14(2)11-16(7-9-20-14)6-8-19-13-5-3-4-12(10-13)15(17)18/h3-5,10,17-18H,6-9,11H2,1-2H3. The lowest BCUT2D eigenvalue weighted by Crippen LogP contribution is -2.49. The average Bonchev–Trinajstić information content (AvgIpc) is 2.38. The van der Waals surface area contributed by atoms with Crippen LogP contribution in [-0.4, -0.2) is 60.5 Å². The van der Waals surface area contributed by atoms with Gasteiger partial charge in [-0.2, -0.15) is 0 Å². The number of morpholine rings is 1. The van der Waals surface area contributed by atoms with Gasteiger partial charge in [-0.3, -0.25) is 4.90 Å². The van der Waals surface area contributed by atoms with Crippen molar-refractivity contribution in [3.05, 3.63) is 24.3 Å². The molecule has 0 saturated carbocycles. The van der Waals surface area contributed by atoms with E-state index < -0.39 is 7.12 Å². The Morgan fingerprint density at radius 3 is 2.90 bits per heavy atom. The lowest BCUT2D eigenvalue weighted by molar-refractivity contribution is -0.0875. The van der Waals surface area contributed by atoms with Crippen molar-refractivity contribution in [3.8, 4) is 5.75 Å². The van der Waals surface area contributed by atoms with Crippen molar-refractivity contribution in [2.24, 2.45) is 0 Å². The van der Waals surface area contributed by atoms with E-state index >= 15 is 0 Å². The van der Waals surface area contributed by atoms with E-state index in [1.807, 2.05) is 6.07 Å². The fraction of sp³-hybridized carbons (Fsp3) is 0.571. The first-order chi connectivity index (χ1) is 9.46. The summed E-state index contributed by atoms with van der Waals surface area (Å²) in [6, 6.07) is 6.87. The molecule has 0 aromatic heterocycles. The van der Waals surface area contributed by atoms with Crippen LogP contribution >= 0.6 is 0 Å². The predicted octanol–water partition coefficient (Wildman–Crippen LogP) is -0.144. The summed E-state index contributed by atoms with van der Waals surface area (Å²) in [5, 5.41) is 18.2. The summed E-state index contributed by atoms with van der Waals surface area (Å²) in [6.45, 7) is 8.14. The van der Waals surface area contributed by atoms with E-state index in [0.717, 1.165) is 26.2 Å². The van der Waals surface area contributed by atoms with E-state index in [-0.39, 0.29) is 5.60 Å². The molecular weight excluding hydrogens is 257 g/mol. The first kappa shape index (κ1) is 15.3. The van der Waals surface area contributed by atoms with Crippen LogP contribution in [0.25, 0.3) is 0 Å². The Hall–Kier alpha value is -1.08. The molecule has 0 bridgehead atoms. The van der Waals surface area contributed by atoms with E-state index in [2.05, 4.69) is 18.7 Å². The number of hydrogen-bond donors (Lipinski definition) is 2. The normalized spacial score (nSPS) is 18.8. The molecule has 1 fully saturated rings. The molecule has 0 atom stereocenters. The van der Waals surface area contributed by atoms with Crippen molar-refractivity contribution in [3.63, 3.8) is 0 Å². The Labute approximate surface area is 120 Å². The van der Waals surface area contributed by atoms with E-state index in [0.29, 0.717) is 17.8 Å². The van der Waals surface area contributed by atoms with Crippen molar-refractivity contribution >= 4 is 12.6 Å². The topological polar surface area (TPSA) is 62.2 Å². The maximum atomic E-state index is 9.11. The van der Waals surface area contributed by atoms with Gasteiger partial charge in [0.05, 0.1) is 12.2 Å². The molecule has 2 rings (SSSR count). The maximum absolute atomic E-state index is 9.11. The first-order valence-corrected chi connectivity index (χ1v) is 6.91. The Morgan fingerprint density at radius 1 is 1.40 bits per heavy atom. The van der Waals surface area contributed by atoms with Gasteiger partial charge < -0.3 is 19.5 Å². The molecule has 1 aliphatic heterocycles. The summed E-state index contributed by atoms with van der Waals surface area (Å²) >= 11 is 0. The molecule has 110 valence electrons. The molecule has 1 aliphatic rings. The average molecular weight is 279 g/mol. The number of rotatable bonds is 5. The van der Waals surface area contributed by atoms with Crippen molar-refractivity contribution in [1.29, 1.82) is 0 Å². The quantitative estimate of drug-likeness (QED) is 0.734. The van der Waals surface area contributed by atoms with Gasteiger partial charge in [-0.05, 0) is 31.4 Å². The number of hydrogen-bond acceptors (Lipinski definition) is 5. The molecule has 20 heavy (non-hydrogen) atoms. The van der Waals surface area contributed by atoms with E-state index in [1.54, 1.807) is 18.2 Å². The minimum atomic E-state index is -1.46. The molecule has 2 N–H and O–H groups in total. The Kier molecular flexibility index (Phi) is 5.04. The van der Waals surface area contributed by atoms with E-state index in [4.69, 9.17) is 19.5 Å². The highest BCUT2D eigenvalue weighted by Crippen LogP contribution is 2.16. The number of nitrogens with zero attached hydrogens (tertiary/aromatic N) is 1. The Morgan fingerprint density at radius 2 is 2.20 bits per heavy atom. The second kappa shape index (κ2) is 6.58.